The van der Waals surface area contributed by atoms with Crippen LogP contribution in [0.25, 0.3) is 6.08 Å². The molecule has 0 aromatic heterocycles. The Hall–Kier alpha value is -3.32. The molecule has 7 nitrogen and oxygen atoms in total. The van der Waals surface area contributed by atoms with E-state index in [1.54, 1.807) is 24.3 Å². The number of anilines is 1. The number of amides is 4. The summed E-state index contributed by atoms with van der Waals surface area (Å²) in [4.78, 5) is 38.8. The fourth-order valence-corrected chi connectivity index (χ4v) is 3.36. The number of nitrogens with zero attached hydrogens (tertiary/aromatic N) is 1. The molecule has 0 atom stereocenters. The maximum absolute atomic E-state index is 13.1. The molecule has 1 heterocycles. The fraction of sp³-hybridized carbons (Fsp3) is 0.261. The molecule has 4 amide bonds. The minimum absolute atomic E-state index is 0.196. The summed E-state index contributed by atoms with van der Waals surface area (Å²) in [6.07, 6.45) is 2.17. The van der Waals surface area contributed by atoms with E-state index in [1.807, 2.05) is 26.8 Å². The molecule has 8 heteroatoms. The van der Waals surface area contributed by atoms with Crippen LogP contribution in [0.1, 0.15) is 30.0 Å². The van der Waals surface area contributed by atoms with Crippen LogP contribution in [0, 0.1) is 13.8 Å². The average Bonchev–Trinajstić information content (AvgIpc) is 2.72. The molecule has 0 spiro atoms. The van der Waals surface area contributed by atoms with E-state index in [2.05, 4.69) is 5.32 Å². The Morgan fingerprint density at radius 3 is 2.48 bits per heavy atom. The first kappa shape index (κ1) is 22.4. The van der Waals surface area contributed by atoms with Crippen molar-refractivity contribution in [3.8, 4) is 11.5 Å². The summed E-state index contributed by atoms with van der Waals surface area (Å²) < 4.78 is 11.0. The predicted octanol–water partition coefficient (Wildman–Crippen LogP) is 4.42. The van der Waals surface area contributed by atoms with Crippen molar-refractivity contribution in [1.82, 2.24) is 5.32 Å². The second kappa shape index (κ2) is 9.22. The van der Waals surface area contributed by atoms with Crippen LogP contribution in [-0.4, -0.2) is 31.6 Å². The number of barbiturate groups is 1. The van der Waals surface area contributed by atoms with Crippen LogP contribution in [0.2, 0.25) is 5.02 Å². The van der Waals surface area contributed by atoms with Crippen LogP contribution in [-0.2, 0) is 9.59 Å². The molecule has 3 rings (SSSR count). The largest absolute Gasteiger partial charge is 0.493 e. The zero-order chi connectivity index (χ0) is 22.7. The Morgan fingerprint density at radius 2 is 1.84 bits per heavy atom. The van der Waals surface area contributed by atoms with E-state index in [1.165, 1.54) is 13.2 Å². The first-order chi connectivity index (χ1) is 14.8. The summed E-state index contributed by atoms with van der Waals surface area (Å²) in [6.45, 7) is 6.24. The van der Waals surface area contributed by atoms with Gasteiger partial charge in [0.05, 0.1) is 24.4 Å². The van der Waals surface area contributed by atoms with Crippen LogP contribution >= 0.6 is 11.6 Å². The van der Waals surface area contributed by atoms with Crippen molar-refractivity contribution in [1.29, 1.82) is 0 Å². The van der Waals surface area contributed by atoms with Gasteiger partial charge in [-0.3, -0.25) is 14.9 Å². The number of carbonyl (C=O) groups excluding carboxylic acids is 3. The quantitative estimate of drug-likeness (QED) is 0.528. The normalized spacial score (nSPS) is 15.3. The number of benzene rings is 2. The van der Waals surface area contributed by atoms with Gasteiger partial charge in [-0.05, 0) is 67.3 Å². The topological polar surface area (TPSA) is 84.9 Å². The number of urea groups is 1. The molecular formula is C23H23ClN2O5. The molecule has 2 aromatic carbocycles. The van der Waals surface area contributed by atoms with E-state index in [0.717, 1.165) is 22.4 Å². The lowest BCUT2D eigenvalue weighted by atomic mass is 10.0. The van der Waals surface area contributed by atoms with Gasteiger partial charge in [0, 0.05) is 0 Å². The van der Waals surface area contributed by atoms with Gasteiger partial charge in [-0.15, -0.1) is 0 Å². The molecule has 1 saturated heterocycles. The van der Waals surface area contributed by atoms with Gasteiger partial charge in [-0.2, -0.15) is 0 Å². The van der Waals surface area contributed by atoms with Crippen molar-refractivity contribution in [3.05, 3.63) is 57.6 Å². The molecule has 0 unspecified atom stereocenters. The van der Waals surface area contributed by atoms with Gasteiger partial charge in [0.2, 0.25) is 0 Å². The van der Waals surface area contributed by atoms with Gasteiger partial charge >= 0.3 is 6.03 Å². The summed E-state index contributed by atoms with van der Waals surface area (Å²) >= 11 is 6.34. The molecule has 162 valence electrons. The van der Waals surface area contributed by atoms with Crippen LogP contribution in [0.4, 0.5) is 10.5 Å². The Kier molecular flexibility index (Phi) is 6.65. The lowest BCUT2D eigenvalue weighted by Gasteiger charge is -2.27. The van der Waals surface area contributed by atoms with E-state index in [0.29, 0.717) is 29.4 Å². The molecule has 0 saturated carbocycles. The predicted molar refractivity (Wildman–Crippen MR) is 119 cm³/mol. The first-order valence-corrected chi connectivity index (χ1v) is 10.1. The van der Waals surface area contributed by atoms with Crippen LogP contribution in [0.15, 0.2) is 35.9 Å². The molecule has 1 fully saturated rings. The standard InChI is InChI=1S/C23H23ClN2O5/c1-5-8-31-20-18(24)11-15(12-19(20)30-4)10-17-21(27)25-23(29)26(22(17)28)16-7-6-13(2)14(3)9-16/h6-7,9-12H,5,8H2,1-4H3,(H,25,27,29)/b17-10+. The summed E-state index contributed by atoms with van der Waals surface area (Å²) in [5.74, 6) is -0.743. The molecule has 1 aliphatic heterocycles. The monoisotopic (exact) mass is 442 g/mol. The lowest BCUT2D eigenvalue weighted by Crippen LogP contribution is -2.54. The number of halogens is 1. The molecule has 0 bridgehead atoms. The van der Waals surface area contributed by atoms with Gasteiger partial charge in [0.25, 0.3) is 11.8 Å². The molecule has 0 radical (unpaired) electrons. The Bertz CT molecular complexity index is 1090. The highest BCUT2D eigenvalue weighted by Gasteiger charge is 2.37. The number of hydrogen-bond acceptors (Lipinski definition) is 5. The number of imide groups is 2. The van der Waals surface area contributed by atoms with E-state index in [-0.39, 0.29) is 10.6 Å². The van der Waals surface area contributed by atoms with Gasteiger partial charge in [0.1, 0.15) is 5.57 Å². The zero-order valence-electron chi connectivity index (χ0n) is 17.7. The van der Waals surface area contributed by atoms with E-state index < -0.39 is 17.8 Å². The third-order valence-corrected chi connectivity index (χ3v) is 5.14. The van der Waals surface area contributed by atoms with Gasteiger partial charge in [-0.25, -0.2) is 9.69 Å². The lowest BCUT2D eigenvalue weighted by molar-refractivity contribution is -0.122. The van der Waals surface area contributed by atoms with Crippen molar-refractivity contribution >= 4 is 41.2 Å². The third-order valence-electron chi connectivity index (χ3n) is 4.86. The molecule has 2 aromatic rings. The van der Waals surface area contributed by atoms with E-state index in [4.69, 9.17) is 21.1 Å². The Morgan fingerprint density at radius 1 is 1.10 bits per heavy atom. The number of nitrogens with one attached hydrogen (secondary N) is 1. The van der Waals surface area contributed by atoms with Gasteiger partial charge < -0.3 is 9.47 Å². The minimum Gasteiger partial charge on any atom is -0.493 e. The van der Waals surface area contributed by atoms with E-state index in [9.17, 15) is 14.4 Å². The number of rotatable bonds is 6. The molecule has 1 aliphatic rings. The number of carbonyl (C=O) groups is 3. The van der Waals surface area contributed by atoms with Gasteiger partial charge in [0.15, 0.2) is 11.5 Å². The number of aryl methyl sites for hydroxylation is 2. The van der Waals surface area contributed by atoms with Crippen molar-refractivity contribution in [2.75, 3.05) is 18.6 Å². The van der Waals surface area contributed by atoms with E-state index >= 15 is 0 Å². The minimum atomic E-state index is -0.797. The highest BCUT2D eigenvalue weighted by Crippen LogP contribution is 2.37. The van der Waals surface area contributed by atoms with Gasteiger partial charge in [-0.1, -0.05) is 24.6 Å². The van der Waals surface area contributed by atoms with Crippen LogP contribution in [0.5, 0.6) is 11.5 Å². The number of hydrogen-bond donors (Lipinski definition) is 1. The molecule has 1 N–H and O–H groups in total. The average molecular weight is 443 g/mol. The second-order valence-electron chi connectivity index (χ2n) is 7.11. The fourth-order valence-electron chi connectivity index (χ4n) is 3.09. The number of methoxy groups -OCH3 is 1. The summed E-state index contributed by atoms with van der Waals surface area (Å²) in [5.41, 5.74) is 2.58. The highest BCUT2D eigenvalue weighted by molar-refractivity contribution is 6.39. The van der Waals surface area contributed by atoms with Crippen molar-refractivity contribution in [2.24, 2.45) is 0 Å². The first-order valence-electron chi connectivity index (χ1n) is 9.75. The Balaban J connectivity index is 2.01. The highest BCUT2D eigenvalue weighted by atomic mass is 35.5. The van der Waals surface area contributed by atoms with Crippen molar-refractivity contribution < 1.29 is 23.9 Å². The molecule has 31 heavy (non-hydrogen) atoms. The Labute approximate surface area is 185 Å². The summed E-state index contributed by atoms with van der Waals surface area (Å²) in [5, 5.41) is 2.50. The SMILES string of the molecule is CCCOc1c(Cl)cc(/C=C2\C(=O)NC(=O)N(c3ccc(C)c(C)c3)C2=O)cc1OC. The second-order valence-corrected chi connectivity index (χ2v) is 7.52. The van der Waals surface area contributed by atoms with Crippen molar-refractivity contribution in [2.45, 2.75) is 27.2 Å². The summed E-state index contributed by atoms with van der Waals surface area (Å²) in [7, 11) is 1.47. The zero-order valence-corrected chi connectivity index (χ0v) is 18.5. The maximum atomic E-state index is 13.1. The summed E-state index contributed by atoms with van der Waals surface area (Å²) in [6, 6.07) is 7.58. The smallest absolute Gasteiger partial charge is 0.335 e. The third kappa shape index (κ3) is 4.56. The molecule has 0 aliphatic carbocycles. The maximum Gasteiger partial charge on any atom is 0.335 e. The molecular weight excluding hydrogens is 420 g/mol. The van der Waals surface area contributed by atoms with Crippen molar-refractivity contribution in [3.63, 3.8) is 0 Å². The van der Waals surface area contributed by atoms with Crippen LogP contribution < -0.4 is 19.7 Å². The number of ether oxygens (including phenoxy) is 2. The van der Waals surface area contributed by atoms with Crippen LogP contribution in [0.3, 0.4) is 0 Å².